The minimum absolute atomic E-state index is 0.720. The SMILES string of the molecule is [Li][C]1(CC)CCCCC1. The summed E-state index contributed by atoms with van der Waals surface area (Å²) in [5.74, 6) is 0. The second kappa shape index (κ2) is 3.13. The maximum atomic E-state index is 2.44. The average molecular weight is 118 g/mol. The normalized spacial score (nSPS) is 26.1. The zero-order chi connectivity index (χ0) is 6.74. The van der Waals surface area contributed by atoms with Gasteiger partial charge >= 0.3 is 67.3 Å². The van der Waals surface area contributed by atoms with Crippen LogP contribution in [0.5, 0.6) is 0 Å². The molecule has 0 aromatic rings. The molecule has 0 aromatic heterocycles. The first-order valence-corrected chi connectivity index (χ1v) is 4.27. The molecule has 0 amide bonds. The van der Waals surface area contributed by atoms with Crippen LogP contribution in [0.25, 0.3) is 0 Å². The summed E-state index contributed by atoms with van der Waals surface area (Å²) < 4.78 is 0.720. The van der Waals surface area contributed by atoms with Gasteiger partial charge < -0.3 is 0 Å². The third-order valence-corrected chi connectivity index (χ3v) is 2.91. The number of rotatable bonds is 1. The molecule has 0 saturated heterocycles. The van der Waals surface area contributed by atoms with Gasteiger partial charge in [0, 0.05) is 0 Å². The second-order valence-electron chi connectivity index (χ2n) is 3.72. The van der Waals surface area contributed by atoms with Crippen molar-refractivity contribution in [2.45, 2.75) is 49.5 Å². The first kappa shape index (κ1) is 7.70. The first-order chi connectivity index (χ1) is 4.27. The van der Waals surface area contributed by atoms with Crippen molar-refractivity contribution >= 4 is 17.7 Å². The molecule has 0 radical (unpaired) electrons. The second-order valence-corrected chi connectivity index (χ2v) is 3.72. The van der Waals surface area contributed by atoms with Gasteiger partial charge in [-0.15, -0.1) is 0 Å². The molecule has 0 unspecified atom stereocenters. The molecule has 0 aromatic carbocycles. The van der Waals surface area contributed by atoms with Crippen LogP contribution in [0.15, 0.2) is 0 Å². The van der Waals surface area contributed by atoms with Crippen LogP contribution in [0, 0.1) is 0 Å². The van der Waals surface area contributed by atoms with Crippen molar-refractivity contribution < 1.29 is 0 Å². The fourth-order valence-electron chi connectivity index (χ4n) is 1.76. The van der Waals surface area contributed by atoms with Crippen LogP contribution >= 0.6 is 0 Å². The van der Waals surface area contributed by atoms with Crippen molar-refractivity contribution in [1.29, 1.82) is 0 Å². The Morgan fingerprint density at radius 3 is 2.11 bits per heavy atom. The van der Waals surface area contributed by atoms with Gasteiger partial charge in [-0.25, -0.2) is 0 Å². The molecule has 1 aliphatic rings. The molecule has 0 aliphatic heterocycles. The van der Waals surface area contributed by atoms with Crippen molar-refractivity contribution in [3.8, 4) is 0 Å². The minimum atomic E-state index is 0.720. The summed E-state index contributed by atoms with van der Waals surface area (Å²) in [4.78, 5) is 0. The molecule has 0 atom stereocenters. The molecule has 48 valence electrons. The van der Waals surface area contributed by atoms with Crippen LogP contribution in [-0.4, -0.2) is 17.7 Å². The first-order valence-electron chi connectivity index (χ1n) is 4.27. The van der Waals surface area contributed by atoms with Crippen molar-refractivity contribution in [1.82, 2.24) is 0 Å². The predicted octanol–water partition coefficient (Wildman–Crippen LogP) is 2.69. The zero-order valence-electron chi connectivity index (χ0n) is 6.74. The van der Waals surface area contributed by atoms with Crippen LogP contribution in [0.4, 0.5) is 0 Å². The molecule has 1 fully saturated rings. The van der Waals surface area contributed by atoms with E-state index in [1.165, 1.54) is 38.5 Å². The monoisotopic (exact) mass is 118 g/mol. The van der Waals surface area contributed by atoms with E-state index in [0.29, 0.717) is 0 Å². The van der Waals surface area contributed by atoms with Gasteiger partial charge in [0.15, 0.2) is 0 Å². The van der Waals surface area contributed by atoms with Gasteiger partial charge in [0.2, 0.25) is 0 Å². The summed E-state index contributed by atoms with van der Waals surface area (Å²) in [5.41, 5.74) is 0. The summed E-state index contributed by atoms with van der Waals surface area (Å²) >= 11 is 2.44. The summed E-state index contributed by atoms with van der Waals surface area (Å²) in [6.07, 6.45) is 8.77. The molecule has 1 heteroatoms. The van der Waals surface area contributed by atoms with Crippen molar-refractivity contribution in [3.05, 3.63) is 0 Å². The van der Waals surface area contributed by atoms with E-state index in [0.717, 1.165) is 4.09 Å². The van der Waals surface area contributed by atoms with Gasteiger partial charge in [-0.3, -0.25) is 0 Å². The molecule has 0 nitrogen and oxygen atoms in total. The maximum absolute atomic E-state index is 2.44. The van der Waals surface area contributed by atoms with Gasteiger partial charge in [-0.05, 0) is 0 Å². The summed E-state index contributed by atoms with van der Waals surface area (Å²) in [6.45, 7) is 2.32. The number of hydrogen-bond acceptors (Lipinski definition) is 0. The molecule has 0 N–H and O–H groups in total. The van der Waals surface area contributed by atoms with E-state index in [4.69, 9.17) is 0 Å². The average Bonchev–Trinajstić information content (AvgIpc) is 1.90. The topological polar surface area (TPSA) is 0 Å². The van der Waals surface area contributed by atoms with Crippen LogP contribution in [0.2, 0.25) is 4.09 Å². The summed E-state index contributed by atoms with van der Waals surface area (Å²) in [7, 11) is 0. The Hall–Kier alpha value is 0.597. The quantitative estimate of drug-likeness (QED) is 0.464. The fraction of sp³-hybridized carbons (Fsp3) is 1.00. The van der Waals surface area contributed by atoms with Gasteiger partial charge in [0.1, 0.15) is 0 Å². The van der Waals surface area contributed by atoms with Crippen LogP contribution in [0.1, 0.15) is 45.4 Å². The molecule has 1 aliphatic carbocycles. The fourth-order valence-corrected chi connectivity index (χ4v) is 1.76. The predicted molar refractivity (Wildman–Crippen MR) is 41.8 cm³/mol. The third kappa shape index (κ3) is 2.02. The Morgan fingerprint density at radius 1 is 1.22 bits per heavy atom. The Labute approximate surface area is 67.6 Å². The Bertz CT molecular complexity index is 82.6. The summed E-state index contributed by atoms with van der Waals surface area (Å²) in [5, 5.41) is 0. The van der Waals surface area contributed by atoms with E-state index < -0.39 is 0 Å². The van der Waals surface area contributed by atoms with Crippen molar-refractivity contribution in [3.63, 3.8) is 0 Å². The zero-order valence-corrected chi connectivity index (χ0v) is 6.74. The Balaban J connectivity index is 2.37. The molecule has 0 spiro atoms. The van der Waals surface area contributed by atoms with E-state index in [1.54, 1.807) is 0 Å². The van der Waals surface area contributed by atoms with Gasteiger partial charge in [0.25, 0.3) is 0 Å². The molecule has 1 rings (SSSR count). The Kier molecular flexibility index (Phi) is 2.68. The molecular formula is C8H15Li. The Morgan fingerprint density at radius 2 is 1.78 bits per heavy atom. The van der Waals surface area contributed by atoms with Crippen LogP contribution in [-0.2, 0) is 0 Å². The van der Waals surface area contributed by atoms with E-state index in [2.05, 4.69) is 24.6 Å². The van der Waals surface area contributed by atoms with Gasteiger partial charge in [-0.1, -0.05) is 0 Å². The molecule has 9 heavy (non-hydrogen) atoms. The molecule has 0 heterocycles. The molecule has 1 saturated carbocycles. The summed E-state index contributed by atoms with van der Waals surface area (Å²) in [6, 6.07) is 0. The number of hydrogen-bond donors (Lipinski definition) is 0. The van der Waals surface area contributed by atoms with Gasteiger partial charge in [-0.2, -0.15) is 0 Å². The van der Waals surface area contributed by atoms with Crippen LogP contribution in [0.3, 0.4) is 0 Å². The standard InChI is InChI=1S/C8H15.Li/c1-2-8-6-4-3-5-7-8;/h2-7H2,1H3;. The van der Waals surface area contributed by atoms with Crippen molar-refractivity contribution in [2.75, 3.05) is 0 Å². The third-order valence-electron chi connectivity index (χ3n) is 2.91. The van der Waals surface area contributed by atoms with Gasteiger partial charge in [0.05, 0.1) is 0 Å². The van der Waals surface area contributed by atoms with E-state index in [9.17, 15) is 0 Å². The molecule has 0 bridgehead atoms. The van der Waals surface area contributed by atoms with E-state index in [1.807, 2.05) is 0 Å². The van der Waals surface area contributed by atoms with Crippen molar-refractivity contribution in [2.24, 2.45) is 0 Å². The van der Waals surface area contributed by atoms with E-state index in [-0.39, 0.29) is 0 Å². The van der Waals surface area contributed by atoms with Crippen LogP contribution < -0.4 is 0 Å². The van der Waals surface area contributed by atoms with E-state index >= 15 is 0 Å². The molecular weight excluding hydrogens is 103 g/mol.